The van der Waals surface area contributed by atoms with Crippen LogP contribution < -0.4 is 5.32 Å². The molecule has 0 aromatic carbocycles. The highest BCUT2D eigenvalue weighted by atomic mass is 32.1. The van der Waals surface area contributed by atoms with Gasteiger partial charge in [-0.2, -0.15) is 0 Å². The van der Waals surface area contributed by atoms with Crippen molar-refractivity contribution in [1.82, 2.24) is 5.32 Å². The summed E-state index contributed by atoms with van der Waals surface area (Å²) < 4.78 is 0. The third-order valence-electron chi connectivity index (χ3n) is 1.79. The molecule has 3 heteroatoms. The molecule has 0 aromatic rings. The summed E-state index contributed by atoms with van der Waals surface area (Å²) in [5, 5.41) is 5.76. The average molecular weight is 156 g/mol. The lowest BCUT2D eigenvalue weighted by molar-refractivity contribution is 0.408. The predicted molar refractivity (Wildman–Crippen MR) is 45.5 cm³/mol. The summed E-state index contributed by atoms with van der Waals surface area (Å²) >= 11 is 4.48. The number of piperidine rings is 1. The van der Waals surface area contributed by atoms with Crippen LogP contribution in [0, 0.1) is 0 Å². The van der Waals surface area contributed by atoms with Crippen molar-refractivity contribution in [2.24, 2.45) is 4.99 Å². The lowest BCUT2D eigenvalue weighted by Crippen LogP contribution is -2.36. The normalized spacial score (nSPS) is 25.4. The van der Waals surface area contributed by atoms with E-state index in [1.54, 1.807) is 0 Å². The van der Waals surface area contributed by atoms with Gasteiger partial charge in [0.2, 0.25) is 0 Å². The van der Waals surface area contributed by atoms with Gasteiger partial charge in [0.05, 0.1) is 11.7 Å². The van der Waals surface area contributed by atoms with Gasteiger partial charge in [0, 0.05) is 6.04 Å². The van der Waals surface area contributed by atoms with Gasteiger partial charge in [-0.25, -0.2) is 4.99 Å². The fourth-order valence-corrected chi connectivity index (χ4v) is 1.30. The average Bonchev–Trinajstić information content (AvgIpc) is 2.03. The second kappa shape index (κ2) is 4.56. The highest BCUT2D eigenvalue weighted by Crippen LogP contribution is 2.06. The summed E-state index contributed by atoms with van der Waals surface area (Å²) in [5.41, 5.74) is 0. The molecule has 1 N–H and O–H groups in total. The Kier molecular flexibility index (Phi) is 3.58. The van der Waals surface area contributed by atoms with E-state index in [-0.39, 0.29) is 0 Å². The van der Waals surface area contributed by atoms with Crippen LogP contribution in [-0.4, -0.2) is 24.3 Å². The van der Waals surface area contributed by atoms with Crippen molar-refractivity contribution in [3.63, 3.8) is 0 Å². The summed E-state index contributed by atoms with van der Waals surface area (Å²) in [7, 11) is 0. The fourth-order valence-electron chi connectivity index (χ4n) is 1.23. The summed E-state index contributed by atoms with van der Waals surface area (Å²) in [6, 6.07) is 0.559. The second-order valence-corrected chi connectivity index (χ2v) is 2.76. The van der Waals surface area contributed by atoms with Crippen LogP contribution in [0.3, 0.4) is 0 Å². The number of hydrogen-bond donors (Lipinski definition) is 1. The lowest BCUT2D eigenvalue weighted by atomic mass is 10.1. The molecule has 0 amide bonds. The first-order chi connectivity index (χ1) is 4.93. The largest absolute Gasteiger partial charge is 0.312 e. The van der Waals surface area contributed by atoms with Crippen LogP contribution in [0.5, 0.6) is 0 Å². The Morgan fingerprint density at radius 2 is 2.50 bits per heavy atom. The van der Waals surface area contributed by atoms with E-state index < -0.39 is 0 Å². The third kappa shape index (κ3) is 2.56. The van der Waals surface area contributed by atoms with Gasteiger partial charge in [0.25, 0.3) is 0 Å². The Bertz CT molecular complexity index is 135. The minimum Gasteiger partial charge on any atom is -0.312 e. The maximum atomic E-state index is 4.48. The molecule has 2 nitrogen and oxygen atoms in total. The molecule has 0 saturated carbocycles. The maximum absolute atomic E-state index is 4.48. The van der Waals surface area contributed by atoms with Crippen LogP contribution in [0.2, 0.25) is 0 Å². The summed E-state index contributed by atoms with van der Waals surface area (Å²) in [5.74, 6) is 0. The summed E-state index contributed by atoms with van der Waals surface area (Å²) in [6.45, 7) is 1.95. The first-order valence-electron chi connectivity index (χ1n) is 3.70. The molecule has 0 spiro atoms. The van der Waals surface area contributed by atoms with Crippen molar-refractivity contribution < 1.29 is 0 Å². The van der Waals surface area contributed by atoms with Gasteiger partial charge in [-0.1, -0.05) is 6.42 Å². The Labute approximate surface area is 66.7 Å². The number of hydrogen-bond acceptors (Lipinski definition) is 3. The molecule has 1 rings (SSSR count). The topological polar surface area (TPSA) is 24.4 Å². The van der Waals surface area contributed by atoms with Gasteiger partial charge < -0.3 is 5.32 Å². The van der Waals surface area contributed by atoms with Crippen molar-refractivity contribution in [1.29, 1.82) is 0 Å². The van der Waals surface area contributed by atoms with Crippen molar-refractivity contribution in [3.05, 3.63) is 0 Å². The highest BCUT2D eigenvalue weighted by molar-refractivity contribution is 7.78. The number of aliphatic imine (C=N–C) groups is 1. The van der Waals surface area contributed by atoms with E-state index in [0.29, 0.717) is 6.04 Å². The number of thiocarbonyl (C=S) groups is 1. The van der Waals surface area contributed by atoms with Gasteiger partial charge in [-0.15, -0.1) is 0 Å². The smallest absolute Gasteiger partial charge is 0.0646 e. The van der Waals surface area contributed by atoms with Crippen LogP contribution >= 0.6 is 12.2 Å². The molecule has 1 unspecified atom stereocenters. The van der Waals surface area contributed by atoms with E-state index in [2.05, 4.69) is 27.7 Å². The van der Waals surface area contributed by atoms with Crippen LogP contribution in [0.1, 0.15) is 19.3 Å². The minimum atomic E-state index is 0.559. The van der Waals surface area contributed by atoms with Crippen LogP contribution in [0.15, 0.2) is 4.99 Å². The minimum absolute atomic E-state index is 0.559. The molecular formula is C7H12N2S. The Balaban J connectivity index is 2.19. The molecule has 1 fully saturated rings. The van der Waals surface area contributed by atoms with E-state index in [1.807, 2.05) is 0 Å². The molecule has 56 valence electrons. The summed E-state index contributed by atoms with van der Waals surface area (Å²) in [6.07, 6.45) is 3.86. The molecule has 0 radical (unpaired) electrons. The fraction of sp³-hybridized carbons (Fsp3) is 0.857. The van der Waals surface area contributed by atoms with Crippen LogP contribution in [0.4, 0.5) is 0 Å². The van der Waals surface area contributed by atoms with E-state index >= 15 is 0 Å². The molecule has 0 bridgehead atoms. The summed E-state index contributed by atoms with van der Waals surface area (Å²) in [4.78, 5) is 3.90. The third-order valence-corrected chi connectivity index (χ3v) is 1.92. The molecule has 1 atom stereocenters. The highest BCUT2D eigenvalue weighted by Gasteiger charge is 2.10. The number of nitrogens with zero attached hydrogens (tertiary/aromatic N) is 1. The van der Waals surface area contributed by atoms with Crippen molar-refractivity contribution >= 4 is 17.4 Å². The van der Waals surface area contributed by atoms with Gasteiger partial charge in [0.1, 0.15) is 0 Å². The Morgan fingerprint density at radius 1 is 1.60 bits per heavy atom. The first-order valence-corrected chi connectivity index (χ1v) is 4.11. The molecular weight excluding hydrogens is 144 g/mol. The predicted octanol–water partition coefficient (Wildman–Crippen LogP) is 1.23. The first kappa shape index (κ1) is 7.86. The number of isothiocyanates is 1. The zero-order valence-corrected chi connectivity index (χ0v) is 6.78. The van der Waals surface area contributed by atoms with Crippen LogP contribution in [0.25, 0.3) is 0 Å². The SMILES string of the molecule is S=C=NCC1CCCCN1. The molecule has 0 aliphatic carbocycles. The van der Waals surface area contributed by atoms with Gasteiger partial charge >= 0.3 is 0 Å². The molecule has 1 heterocycles. The molecule has 0 aromatic heterocycles. The molecule has 1 aliphatic rings. The number of nitrogens with one attached hydrogen (secondary N) is 1. The van der Waals surface area contributed by atoms with E-state index in [4.69, 9.17) is 0 Å². The van der Waals surface area contributed by atoms with Crippen molar-refractivity contribution in [3.8, 4) is 0 Å². The lowest BCUT2D eigenvalue weighted by Gasteiger charge is -2.20. The van der Waals surface area contributed by atoms with E-state index in [9.17, 15) is 0 Å². The zero-order valence-electron chi connectivity index (χ0n) is 5.97. The quantitative estimate of drug-likeness (QED) is 0.480. The van der Waals surface area contributed by atoms with Crippen molar-refractivity contribution in [2.75, 3.05) is 13.1 Å². The number of rotatable bonds is 2. The van der Waals surface area contributed by atoms with Crippen LogP contribution in [-0.2, 0) is 0 Å². The van der Waals surface area contributed by atoms with E-state index in [1.165, 1.54) is 19.3 Å². The Morgan fingerprint density at radius 3 is 3.10 bits per heavy atom. The van der Waals surface area contributed by atoms with Crippen molar-refractivity contribution in [2.45, 2.75) is 25.3 Å². The van der Waals surface area contributed by atoms with E-state index in [0.717, 1.165) is 13.1 Å². The Hall–Kier alpha value is -0.240. The standard InChI is InChI=1S/C7H12N2S/c10-6-8-5-7-3-1-2-4-9-7/h7,9H,1-5H2. The monoisotopic (exact) mass is 156 g/mol. The maximum Gasteiger partial charge on any atom is 0.0646 e. The van der Waals surface area contributed by atoms with Gasteiger partial charge in [0.15, 0.2) is 0 Å². The molecule has 1 aliphatic heterocycles. The van der Waals surface area contributed by atoms with Gasteiger partial charge in [-0.3, -0.25) is 0 Å². The molecule has 10 heavy (non-hydrogen) atoms. The van der Waals surface area contributed by atoms with Gasteiger partial charge in [-0.05, 0) is 31.6 Å². The zero-order chi connectivity index (χ0) is 7.23. The molecule has 1 saturated heterocycles. The second-order valence-electron chi connectivity index (χ2n) is 2.58.